The minimum absolute atomic E-state index is 0.143. The number of rotatable bonds is 6. The third-order valence-corrected chi connectivity index (χ3v) is 6.64. The van der Waals surface area contributed by atoms with Crippen molar-refractivity contribution in [3.05, 3.63) is 76.9 Å². The van der Waals surface area contributed by atoms with Crippen molar-refractivity contribution in [1.82, 2.24) is 15.1 Å². The van der Waals surface area contributed by atoms with Crippen molar-refractivity contribution in [2.45, 2.75) is 51.9 Å². The number of aryl methyl sites for hydroxylation is 1. The van der Waals surface area contributed by atoms with E-state index in [0.29, 0.717) is 24.9 Å². The van der Waals surface area contributed by atoms with Crippen LogP contribution in [0, 0.1) is 19.7 Å². The maximum Gasteiger partial charge on any atom is 0.237 e. The van der Waals surface area contributed by atoms with E-state index in [2.05, 4.69) is 15.7 Å². The molecule has 2 heterocycles. The van der Waals surface area contributed by atoms with Crippen LogP contribution in [-0.4, -0.2) is 27.5 Å². The summed E-state index contributed by atoms with van der Waals surface area (Å²) in [5.74, 6) is -1.03. The minimum Gasteiger partial charge on any atom is -0.326 e. The molecule has 2 N–H and O–H groups in total. The lowest BCUT2D eigenvalue weighted by molar-refractivity contribution is -0.138. The van der Waals surface area contributed by atoms with E-state index < -0.39 is 5.41 Å². The van der Waals surface area contributed by atoms with Crippen LogP contribution < -0.4 is 10.6 Å². The van der Waals surface area contributed by atoms with Crippen LogP contribution in [0.1, 0.15) is 48.7 Å². The van der Waals surface area contributed by atoms with E-state index in [0.717, 1.165) is 28.2 Å². The third kappa shape index (κ3) is 4.35. The number of anilines is 1. The van der Waals surface area contributed by atoms with Gasteiger partial charge in [0.05, 0.1) is 23.2 Å². The average Bonchev–Trinajstić information content (AvgIpc) is 3.09. The van der Waals surface area contributed by atoms with Gasteiger partial charge in [-0.1, -0.05) is 19.1 Å². The Morgan fingerprint density at radius 3 is 2.41 bits per heavy atom. The van der Waals surface area contributed by atoms with Crippen LogP contribution in [0.2, 0.25) is 0 Å². The first-order valence-electron chi connectivity index (χ1n) is 11.3. The van der Waals surface area contributed by atoms with Crippen LogP contribution in [0.3, 0.4) is 0 Å². The Morgan fingerprint density at radius 2 is 1.79 bits per heavy atom. The quantitative estimate of drug-likeness (QED) is 0.544. The number of amides is 3. The topological polar surface area (TPSA) is 93.1 Å². The van der Waals surface area contributed by atoms with Gasteiger partial charge in [-0.25, -0.2) is 9.07 Å². The fraction of sp³-hybridized carbons (Fsp3) is 0.308. The van der Waals surface area contributed by atoms with Gasteiger partial charge in [-0.2, -0.15) is 5.10 Å². The van der Waals surface area contributed by atoms with Gasteiger partial charge in [-0.3, -0.25) is 19.7 Å². The standard InChI is InChI=1S/C26H27FN4O3/c1-4-26(14-13-23(32)29-25(26)34)18-5-9-20(10-6-18)28-24(33)15-22-16(2)30-31(17(22)3)21-11-7-19(27)8-12-21/h5-12H,4,13-15H2,1-3H3,(H,28,33)(H,29,32,34). The summed E-state index contributed by atoms with van der Waals surface area (Å²) in [6.45, 7) is 5.65. The summed E-state index contributed by atoms with van der Waals surface area (Å²) in [6, 6.07) is 13.2. The zero-order chi connectivity index (χ0) is 24.5. The minimum atomic E-state index is -0.736. The first kappa shape index (κ1) is 23.4. The van der Waals surface area contributed by atoms with Crippen LogP contribution in [0.25, 0.3) is 5.69 Å². The van der Waals surface area contributed by atoms with Crippen molar-refractivity contribution >= 4 is 23.4 Å². The second-order valence-electron chi connectivity index (χ2n) is 8.65. The fourth-order valence-corrected chi connectivity index (χ4v) is 4.57. The summed E-state index contributed by atoms with van der Waals surface area (Å²) in [4.78, 5) is 36.9. The lowest BCUT2D eigenvalue weighted by Gasteiger charge is -2.35. The number of nitrogens with zero attached hydrogens (tertiary/aromatic N) is 2. The van der Waals surface area contributed by atoms with E-state index in [1.165, 1.54) is 12.1 Å². The molecule has 1 atom stereocenters. The molecule has 34 heavy (non-hydrogen) atoms. The number of benzene rings is 2. The van der Waals surface area contributed by atoms with Crippen molar-refractivity contribution < 1.29 is 18.8 Å². The van der Waals surface area contributed by atoms with Gasteiger partial charge in [0.1, 0.15) is 5.82 Å². The zero-order valence-corrected chi connectivity index (χ0v) is 19.4. The Labute approximate surface area is 197 Å². The smallest absolute Gasteiger partial charge is 0.237 e. The molecule has 1 saturated heterocycles. The monoisotopic (exact) mass is 462 g/mol. The molecular weight excluding hydrogens is 435 g/mol. The molecule has 7 nitrogen and oxygen atoms in total. The molecule has 1 aromatic heterocycles. The Bertz CT molecular complexity index is 1250. The van der Waals surface area contributed by atoms with Crippen LogP contribution >= 0.6 is 0 Å². The number of hydrogen-bond acceptors (Lipinski definition) is 4. The highest BCUT2D eigenvalue weighted by molar-refractivity contribution is 6.03. The maximum absolute atomic E-state index is 13.3. The number of piperidine rings is 1. The normalized spacial score (nSPS) is 18.0. The molecule has 3 aromatic rings. The molecule has 4 rings (SSSR count). The summed E-state index contributed by atoms with van der Waals surface area (Å²) in [7, 11) is 0. The van der Waals surface area contributed by atoms with Gasteiger partial charge in [0.25, 0.3) is 0 Å². The van der Waals surface area contributed by atoms with Gasteiger partial charge in [-0.15, -0.1) is 0 Å². The average molecular weight is 463 g/mol. The summed E-state index contributed by atoms with van der Waals surface area (Å²) >= 11 is 0. The van der Waals surface area contributed by atoms with Gasteiger partial charge in [-0.05, 0) is 68.7 Å². The summed E-state index contributed by atoms with van der Waals surface area (Å²) in [5, 5.41) is 9.86. The van der Waals surface area contributed by atoms with Crippen molar-refractivity contribution in [3.63, 3.8) is 0 Å². The Hall–Kier alpha value is -3.81. The van der Waals surface area contributed by atoms with E-state index >= 15 is 0 Å². The van der Waals surface area contributed by atoms with Crippen molar-refractivity contribution in [1.29, 1.82) is 0 Å². The summed E-state index contributed by atoms with van der Waals surface area (Å²) < 4.78 is 15.0. The van der Waals surface area contributed by atoms with E-state index in [1.54, 1.807) is 28.9 Å². The molecule has 0 radical (unpaired) electrons. The molecule has 1 fully saturated rings. The lowest BCUT2D eigenvalue weighted by atomic mass is 9.72. The van der Waals surface area contributed by atoms with E-state index in [4.69, 9.17) is 0 Å². The van der Waals surface area contributed by atoms with Gasteiger partial charge >= 0.3 is 0 Å². The van der Waals surface area contributed by atoms with Gasteiger partial charge < -0.3 is 5.32 Å². The molecule has 1 aliphatic rings. The number of aromatic nitrogens is 2. The van der Waals surface area contributed by atoms with E-state index in [-0.39, 0.29) is 30.0 Å². The third-order valence-electron chi connectivity index (χ3n) is 6.64. The van der Waals surface area contributed by atoms with E-state index in [1.807, 2.05) is 32.9 Å². The molecule has 0 saturated carbocycles. The van der Waals surface area contributed by atoms with Crippen molar-refractivity contribution in [2.24, 2.45) is 0 Å². The molecule has 1 unspecified atom stereocenters. The van der Waals surface area contributed by atoms with Crippen LogP contribution in [0.15, 0.2) is 48.5 Å². The Balaban J connectivity index is 1.47. The number of halogens is 1. The molecule has 1 aliphatic heterocycles. The van der Waals surface area contributed by atoms with Crippen LogP contribution in [0.5, 0.6) is 0 Å². The molecular formula is C26H27FN4O3. The van der Waals surface area contributed by atoms with E-state index in [9.17, 15) is 18.8 Å². The largest absolute Gasteiger partial charge is 0.326 e. The number of carbonyl (C=O) groups excluding carboxylic acids is 3. The van der Waals surface area contributed by atoms with Gasteiger partial charge in [0.2, 0.25) is 17.7 Å². The van der Waals surface area contributed by atoms with Gasteiger partial charge in [0.15, 0.2) is 0 Å². The van der Waals surface area contributed by atoms with Crippen molar-refractivity contribution in [3.8, 4) is 5.69 Å². The lowest BCUT2D eigenvalue weighted by Crippen LogP contribution is -2.51. The van der Waals surface area contributed by atoms with Gasteiger partial charge in [0, 0.05) is 23.4 Å². The zero-order valence-electron chi connectivity index (χ0n) is 19.4. The fourth-order valence-electron chi connectivity index (χ4n) is 4.57. The van der Waals surface area contributed by atoms with Crippen molar-refractivity contribution in [2.75, 3.05) is 5.32 Å². The highest BCUT2D eigenvalue weighted by Crippen LogP contribution is 2.36. The SMILES string of the molecule is CCC1(c2ccc(NC(=O)Cc3c(C)nn(-c4ccc(F)cc4)c3C)cc2)CCC(=O)NC1=O. The molecule has 3 amide bonds. The molecule has 0 bridgehead atoms. The first-order chi connectivity index (χ1) is 16.2. The summed E-state index contributed by atoms with van der Waals surface area (Å²) in [5.41, 5.74) is 3.79. The second-order valence-corrected chi connectivity index (χ2v) is 8.65. The molecule has 0 spiro atoms. The highest BCUT2D eigenvalue weighted by atomic mass is 19.1. The highest BCUT2D eigenvalue weighted by Gasteiger charge is 2.42. The number of carbonyl (C=O) groups is 3. The predicted molar refractivity (Wildman–Crippen MR) is 126 cm³/mol. The first-order valence-corrected chi connectivity index (χ1v) is 11.3. The van der Waals surface area contributed by atoms with Crippen LogP contribution in [0.4, 0.5) is 10.1 Å². The maximum atomic E-state index is 13.3. The predicted octanol–water partition coefficient (Wildman–Crippen LogP) is 3.89. The Morgan fingerprint density at radius 1 is 1.12 bits per heavy atom. The number of nitrogens with one attached hydrogen (secondary N) is 2. The molecule has 2 aromatic carbocycles. The summed E-state index contributed by atoms with van der Waals surface area (Å²) in [6.07, 6.45) is 1.50. The molecule has 0 aliphatic carbocycles. The Kier molecular flexibility index (Phi) is 6.32. The number of imide groups is 1. The molecule has 176 valence electrons. The second kappa shape index (κ2) is 9.21. The van der Waals surface area contributed by atoms with Crippen LogP contribution in [-0.2, 0) is 26.2 Å². The molecule has 8 heteroatoms. The number of hydrogen-bond donors (Lipinski definition) is 2.